The van der Waals surface area contributed by atoms with Gasteiger partial charge in [0.1, 0.15) is 11.5 Å². The van der Waals surface area contributed by atoms with Crippen LogP contribution in [0, 0.1) is 0 Å². The van der Waals surface area contributed by atoms with Gasteiger partial charge in [-0.3, -0.25) is 0 Å². The van der Waals surface area contributed by atoms with E-state index in [1.165, 1.54) is 0 Å². The maximum absolute atomic E-state index is 9.20. The van der Waals surface area contributed by atoms with Gasteiger partial charge in [0.2, 0.25) is 0 Å². The van der Waals surface area contributed by atoms with Crippen LogP contribution in [-0.2, 0) is 0 Å². The van der Waals surface area contributed by atoms with Gasteiger partial charge in [0.15, 0.2) is 0 Å². The zero-order valence-electron chi connectivity index (χ0n) is 7.88. The molecule has 0 bridgehead atoms. The smallest absolute Gasteiger partial charge is 0.296 e. The maximum Gasteiger partial charge on any atom is 0.296 e. The first kappa shape index (κ1) is 9.72. The number of ether oxygens (including phenoxy) is 2. The topological polar surface area (TPSA) is 64.5 Å². The molecule has 2 aromatic rings. The normalized spacial score (nSPS) is 9.93. The van der Waals surface area contributed by atoms with Crippen LogP contribution < -0.4 is 9.47 Å². The van der Waals surface area contributed by atoms with E-state index in [1.54, 1.807) is 31.4 Å². The van der Waals surface area contributed by atoms with Gasteiger partial charge < -0.3 is 14.6 Å². The molecular weight excluding hydrogens is 216 g/mol. The van der Waals surface area contributed by atoms with Crippen molar-refractivity contribution in [2.75, 3.05) is 7.11 Å². The van der Waals surface area contributed by atoms with Crippen LogP contribution in [0.3, 0.4) is 0 Å². The highest BCUT2D eigenvalue weighted by molar-refractivity contribution is 6.99. The van der Waals surface area contributed by atoms with Crippen LogP contribution in [0.15, 0.2) is 24.3 Å². The summed E-state index contributed by atoms with van der Waals surface area (Å²) in [4.78, 5) is 0. The summed E-state index contributed by atoms with van der Waals surface area (Å²) in [6.45, 7) is 0. The number of benzene rings is 1. The lowest BCUT2D eigenvalue weighted by Crippen LogP contribution is -1.85. The zero-order valence-corrected chi connectivity index (χ0v) is 8.69. The molecule has 0 aliphatic rings. The summed E-state index contributed by atoms with van der Waals surface area (Å²) in [5.74, 6) is 1.22. The van der Waals surface area contributed by atoms with Crippen LogP contribution >= 0.6 is 11.7 Å². The molecule has 1 aromatic heterocycles. The molecule has 0 fully saturated rings. The molecule has 1 aromatic carbocycles. The quantitative estimate of drug-likeness (QED) is 0.864. The third kappa shape index (κ3) is 2.16. The first-order valence-electron chi connectivity index (χ1n) is 4.13. The third-order valence-electron chi connectivity index (χ3n) is 1.72. The van der Waals surface area contributed by atoms with Crippen molar-refractivity contribution >= 4 is 11.7 Å². The Labute approximate surface area is 90.2 Å². The van der Waals surface area contributed by atoms with E-state index in [2.05, 4.69) is 8.75 Å². The summed E-state index contributed by atoms with van der Waals surface area (Å²) in [7, 11) is 1.59. The Morgan fingerprint density at radius 2 is 1.80 bits per heavy atom. The van der Waals surface area contributed by atoms with Crippen LogP contribution in [0.4, 0.5) is 0 Å². The molecule has 0 radical (unpaired) electrons. The van der Waals surface area contributed by atoms with Crippen LogP contribution in [0.25, 0.3) is 0 Å². The highest BCUT2D eigenvalue weighted by Gasteiger charge is 2.08. The van der Waals surface area contributed by atoms with E-state index in [0.717, 1.165) is 17.5 Å². The standard InChI is InChI=1S/C9H8N2O3S/c1-13-6-2-4-7(5-3-6)14-9-8(12)10-15-11-9/h2-5H,1H3,(H,10,12). The second-order valence-corrected chi connectivity index (χ2v) is 3.20. The highest BCUT2D eigenvalue weighted by atomic mass is 32.1. The molecule has 1 heterocycles. The summed E-state index contributed by atoms with van der Waals surface area (Å²) in [5.41, 5.74) is 0. The lowest BCUT2D eigenvalue weighted by atomic mass is 10.3. The van der Waals surface area contributed by atoms with Crippen molar-refractivity contribution in [1.82, 2.24) is 8.75 Å². The first-order valence-corrected chi connectivity index (χ1v) is 4.86. The predicted molar refractivity (Wildman–Crippen MR) is 54.6 cm³/mol. The Morgan fingerprint density at radius 1 is 1.13 bits per heavy atom. The Bertz CT molecular complexity index is 441. The van der Waals surface area contributed by atoms with Crippen LogP contribution in [-0.4, -0.2) is 21.0 Å². The van der Waals surface area contributed by atoms with E-state index in [0.29, 0.717) is 5.75 Å². The van der Waals surface area contributed by atoms with Crippen molar-refractivity contribution in [2.24, 2.45) is 0 Å². The lowest BCUT2D eigenvalue weighted by Gasteiger charge is -2.03. The lowest BCUT2D eigenvalue weighted by molar-refractivity contribution is 0.392. The van der Waals surface area contributed by atoms with Gasteiger partial charge in [-0.1, -0.05) is 0 Å². The van der Waals surface area contributed by atoms with E-state index >= 15 is 0 Å². The summed E-state index contributed by atoms with van der Waals surface area (Å²) in [5, 5.41) is 9.20. The predicted octanol–water partition coefficient (Wildman–Crippen LogP) is 2.04. The molecule has 0 spiro atoms. The fourth-order valence-corrected chi connectivity index (χ4v) is 1.39. The van der Waals surface area contributed by atoms with E-state index in [4.69, 9.17) is 9.47 Å². The largest absolute Gasteiger partial charge is 0.497 e. The number of aromatic nitrogens is 2. The number of nitrogens with zero attached hydrogens (tertiary/aromatic N) is 2. The Hall–Kier alpha value is -1.82. The maximum atomic E-state index is 9.20. The molecule has 0 aliphatic carbocycles. The van der Waals surface area contributed by atoms with E-state index in [1.807, 2.05) is 0 Å². The SMILES string of the molecule is COc1ccc(Oc2nsnc2O)cc1. The second kappa shape index (κ2) is 4.14. The fraction of sp³-hybridized carbons (Fsp3) is 0.111. The molecule has 78 valence electrons. The minimum Gasteiger partial charge on any atom is -0.497 e. The molecule has 0 amide bonds. The third-order valence-corrected chi connectivity index (χ3v) is 2.22. The average molecular weight is 224 g/mol. The zero-order chi connectivity index (χ0) is 10.7. The van der Waals surface area contributed by atoms with E-state index < -0.39 is 0 Å². The van der Waals surface area contributed by atoms with Crippen LogP contribution in [0.2, 0.25) is 0 Å². The van der Waals surface area contributed by atoms with Crippen molar-refractivity contribution in [1.29, 1.82) is 0 Å². The number of methoxy groups -OCH3 is 1. The van der Waals surface area contributed by atoms with Gasteiger partial charge in [-0.25, -0.2) is 0 Å². The fourth-order valence-electron chi connectivity index (χ4n) is 0.996. The molecule has 0 saturated heterocycles. The van der Waals surface area contributed by atoms with Gasteiger partial charge >= 0.3 is 0 Å². The van der Waals surface area contributed by atoms with Crippen molar-refractivity contribution in [2.45, 2.75) is 0 Å². The van der Waals surface area contributed by atoms with Crippen molar-refractivity contribution in [3.8, 4) is 23.3 Å². The van der Waals surface area contributed by atoms with Gasteiger partial charge in [0.25, 0.3) is 11.8 Å². The average Bonchev–Trinajstić information content (AvgIpc) is 2.66. The molecule has 2 rings (SSSR count). The number of aromatic hydroxyl groups is 1. The number of hydrogen-bond acceptors (Lipinski definition) is 6. The molecular formula is C9H8N2O3S. The van der Waals surface area contributed by atoms with Gasteiger partial charge in [0, 0.05) is 0 Å². The molecule has 0 unspecified atom stereocenters. The summed E-state index contributed by atoms with van der Waals surface area (Å²) < 4.78 is 17.6. The molecule has 0 atom stereocenters. The Morgan fingerprint density at radius 3 is 2.33 bits per heavy atom. The van der Waals surface area contributed by atoms with E-state index in [9.17, 15) is 5.11 Å². The molecule has 15 heavy (non-hydrogen) atoms. The Balaban J connectivity index is 2.14. The van der Waals surface area contributed by atoms with Crippen molar-refractivity contribution in [3.63, 3.8) is 0 Å². The van der Waals surface area contributed by atoms with Crippen LogP contribution in [0.5, 0.6) is 23.3 Å². The number of hydrogen-bond donors (Lipinski definition) is 1. The summed E-state index contributed by atoms with van der Waals surface area (Å²) >= 11 is 0.893. The Kier molecular flexibility index (Phi) is 2.68. The molecule has 1 N–H and O–H groups in total. The molecule has 0 saturated carbocycles. The van der Waals surface area contributed by atoms with Gasteiger partial charge in [-0.05, 0) is 24.3 Å². The van der Waals surface area contributed by atoms with Crippen molar-refractivity contribution < 1.29 is 14.6 Å². The summed E-state index contributed by atoms with van der Waals surface area (Å²) in [6, 6.07) is 6.95. The van der Waals surface area contributed by atoms with Gasteiger partial charge in [-0.2, -0.15) is 0 Å². The van der Waals surface area contributed by atoms with Crippen molar-refractivity contribution in [3.05, 3.63) is 24.3 Å². The minimum absolute atomic E-state index is 0.116. The highest BCUT2D eigenvalue weighted by Crippen LogP contribution is 2.28. The van der Waals surface area contributed by atoms with Gasteiger partial charge in [-0.15, -0.1) is 8.75 Å². The van der Waals surface area contributed by atoms with E-state index in [-0.39, 0.29) is 11.8 Å². The minimum atomic E-state index is -0.198. The monoisotopic (exact) mass is 224 g/mol. The molecule has 0 aliphatic heterocycles. The number of rotatable bonds is 3. The second-order valence-electron chi connectivity index (χ2n) is 2.67. The molecule has 6 heteroatoms. The summed E-state index contributed by atoms with van der Waals surface area (Å²) in [6.07, 6.45) is 0. The first-order chi connectivity index (χ1) is 7.29. The van der Waals surface area contributed by atoms with Crippen LogP contribution in [0.1, 0.15) is 0 Å². The molecule has 5 nitrogen and oxygen atoms in total. The van der Waals surface area contributed by atoms with Gasteiger partial charge in [0.05, 0.1) is 18.8 Å².